The molecule has 2 aromatic heterocycles. The van der Waals surface area contributed by atoms with Gasteiger partial charge in [-0.15, -0.1) is 11.3 Å². The molecule has 0 spiro atoms. The van der Waals surface area contributed by atoms with E-state index in [1.165, 1.54) is 21.3 Å². The monoisotopic (exact) mass is 500 g/mol. The predicted octanol–water partition coefficient (Wildman–Crippen LogP) is 4.62. The number of aromatic nitrogens is 2. The molecular formula is C28H28N4O3S. The molecule has 1 aliphatic carbocycles. The molecule has 8 heteroatoms. The second kappa shape index (κ2) is 10.5. The molecule has 0 saturated carbocycles. The highest BCUT2D eigenvalue weighted by atomic mass is 32.1. The Morgan fingerprint density at radius 2 is 2.00 bits per heavy atom. The molecule has 0 radical (unpaired) electrons. The zero-order valence-corrected chi connectivity index (χ0v) is 21.2. The summed E-state index contributed by atoms with van der Waals surface area (Å²) in [6.07, 6.45) is 5.97. The fraction of sp³-hybridized carbons (Fsp3) is 0.286. The summed E-state index contributed by atoms with van der Waals surface area (Å²) >= 11 is 1.60. The van der Waals surface area contributed by atoms with Gasteiger partial charge in [-0.05, 0) is 73.1 Å². The van der Waals surface area contributed by atoms with Crippen molar-refractivity contribution in [2.45, 2.75) is 46.3 Å². The number of ether oxygens (including phenoxy) is 1. The van der Waals surface area contributed by atoms with Gasteiger partial charge in [-0.1, -0.05) is 36.8 Å². The summed E-state index contributed by atoms with van der Waals surface area (Å²) in [5.41, 5.74) is 6.59. The van der Waals surface area contributed by atoms with Crippen LogP contribution >= 0.6 is 11.3 Å². The Bertz CT molecular complexity index is 1470. The summed E-state index contributed by atoms with van der Waals surface area (Å²) < 4.78 is 7.18. The number of hydrazone groups is 1. The first-order valence-corrected chi connectivity index (χ1v) is 12.9. The van der Waals surface area contributed by atoms with E-state index in [0.29, 0.717) is 17.9 Å². The maximum Gasteiger partial charge on any atom is 0.262 e. The third-order valence-corrected chi connectivity index (χ3v) is 7.57. The maximum absolute atomic E-state index is 13.1. The third-order valence-electron chi connectivity index (χ3n) is 6.41. The van der Waals surface area contributed by atoms with Crippen LogP contribution in [0.4, 0.5) is 0 Å². The van der Waals surface area contributed by atoms with Crippen LogP contribution in [0.3, 0.4) is 0 Å². The molecule has 4 aromatic rings. The summed E-state index contributed by atoms with van der Waals surface area (Å²) in [6.45, 7) is 4.65. The SMILES string of the molecule is Cc1ccc(COc2ccc(/C=N/NC(=O)Cn3cnc4sc5c(c4c3=O)CCC(C)C5)cc2)cc1. The molecule has 1 unspecified atom stereocenters. The van der Waals surface area contributed by atoms with E-state index in [1.807, 2.05) is 24.3 Å². The zero-order chi connectivity index (χ0) is 25.1. The van der Waals surface area contributed by atoms with E-state index < -0.39 is 0 Å². The number of nitrogens with one attached hydrogen (secondary N) is 1. The first-order chi connectivity index (χ1) is 17.5. The van der Waals surface area contributed by atoms with Gasteiger partial charge < -0.3 is 4.74 Å². The number of thiophene rings is 1. The van der Waals surface area contributed by atoms with Crippen LogP contribution in [0.2, 0.25) is 0 Å². The average molecular weight is 501 g/mol. The van der Waals surface area contributed by atoms with Crippen LogP contribution in [0.15, 0.2) is 64.8 Å². The predicted molar refractivity (Wildman–Crippen MR) is 143 cm³/mol. The summed E-state index contributed by atoms with van der Waals surface area (Å²) in [5, 5.41) is 4.70. The highest BCUT2D eigenvalue weighted by Crippen LogP contribution is 2.35. The molecule has 0 bridgehead atoms. The van der Waals surface area contributed by atoms with Crippen LogP contribution in [-0.4, -0.2) is 21.7 Å². The molecule has 0 aliphatic heterocycles. The van der Waals surface area contributed by atoms with Gasteiger partial charge in [0, 0.05) is 4.88 Å². The molecule has 0 fully saturated rings. The molecule has 7 nitrogen and oxygen atoms in total. The van der Waals surface area contributed by atoms with E-state index in [-0.39, 0.29) is 18.0 Å². The Hall–Kier alpha value is -3.78. The molecule has 5 rings (SSSR count). The standard InChI is InChI=1S/C28H28N4O3S/c1-18-3-6-21(7-4-18)16-35-22-10-8-20(9-11-22)14-30-31-25(33)15-32-17-29-27-26(28(32)34)23-12-5-19(2)13-24(23)36-27/h3-4,6-11,14,17,19H,5,12-13,15-16H2,1-2H3,(H,31,33)/b30-14+. The number of aryl methyl sites for hydroxylation is 2. The number of carbonyl (C=O) groups is 1. The van der Waals surface area contributed by atoms with Crippen LogP contribution in [0.1, 0.15) is 40.5 Å². The van der Waals surface area contributed by atoms with Crippen molar-refractivity contribution >= 4 is 33.7 Å². The van der Waals surface area contributed by atoms with Gasteiger partial charge in [0.2, 0.25) is 0 Å². The molecular weight excluding hydrogens is 472 g/mol. The molecule has 184 valence electrons. The van der Waals surface area contributed by atoms with E-state index in [0.717, 1.165) is 46.5 Å². The number of fused-ring (bicyclic) bond motifs is 3. The van der Waals surface area contributed by atoms with Gasteiger partial charge in [0.05, 0.1) is 17.9 Å². The van der Waals surface area contributed by atoms with Gasteiger partial charge in [0.25, 0.3) is 11.5 Å². The van der Waals surface area contributed by atoms with Gasteiger partial charge in [-0.25, -0.2) is 10.4 Å². The van der Waals surface area contributed by atoms with Crippen molar-refractivity contribution in [1.82, 2.24) is 15.0 Å². The van der Waals surface area contributed by atoms with Crippen LogP contribution in [0.25, 0.3) is 10.2 Å². The van der Waals surface area contributed by atoms with E-state index in [4.69, 9.17) is 4.74 Å². The minimum absolute atomic E-state index is 0.133. The lowest BCUT2D eigenvalue weighted by Gasteiger charge is -2.17. The molecule has 1 aliphatic rings. The number of hydrogen-bond acceptors (Lipinski definition) is 6. The summed E-state index contributed by atoms with van der Waals surface area (Å²) in [4.78, 5) is 32.0. The number of amides is 1. The Morgan fingerprint density at radius 3 is 2.78 bits per heavy atom. The first kappa shape index (κ1) is 23.9. The number of benzene rings is 2. The molecule has 1 atom stereocenters. The summed E-state index contributed by atoms with van der Waals surface area (Å²) in [6, 6.07) is 15.7. The quantitative estimate of drug-likeness (QED) is 0.296. The Labute approximate surface area is 213 Å². The van der Waals surface area contributed by atoms with Crippen molar-refractivity contribution in [2.24, 2.45) is 11.0 Å². The fourth-order valence-electron chi connectivity index (χ4n) is 4.35. The largest absolute Gasteiger partial charge is 0.489 e. The molecule has 0 saturated heterocycles. The smallest absolute Gasteiger partial charge is 0.262 e. The highest BCUT2D eigenvalue weighted by molar-refractivity contribution is 7.18. The van der Waals surface area contributed by atoms with Crippen molar-refractivity contribution in [3.63, 3.8) is 0 Å². The van der Waals surface area contributed by atoms with Crippen LogP contribution in [0.5, 0.6) is 5.75 Å². The van der Waals surface area contributed by atoms with Crippen molar-refractivity contribution < 1.29 is 9.53 Å². The van der Waals surface area contributed by atoms with Gasteiger partial charge in [-0.3, -0.25) is 14.2 Å². The summed E-state index contributed by atoms with van der Waals surface area (Å²) in [5.74, 6) is 0.994. The fourth-order valence-corrected chi connectivity index (χ4v) is 5.69. The topological polar surface area (TPSA) is 85.6 Å². The lowest BCUT2D eigenvalue weighted by Crippen LogP contribution is -2.30. The van der Waals surface area contributed by atoms with Gasteiger partial charge >= 0.3 is 0 Å². The zero-order valence-electron chi connectivity index (χ0n) is 20.4. The van der Waals surface area contributed by atoms with Crippen LogP contribution in [0, 0.1) is 12.8 Å². The maximum atomic E-state index is 13.1. The molecule has 1 N–H and O–H groups in total. The average Bonchev–Trinajstić information content (AvgIpc) is 3.24. The third kappa shape index (κ3) is 5.39. The van der Waals surface area contributed by atoms with Crippen molar-refractivity contribution in [3.05, 3.63) is 92.3 Å². The molecule has 36 heavy (non-hydrogen) atoms. The van der Waals surface area contributed by atoms with Crippen molar-refractivity contribution in [2.75, 3.05) is 0 Å². The van der Waals surface area contributed by atoms with Crippen molar-refractivity contribution in [1.29, 1.82) is 0 Å². The van der Waals surface area contributed by atoms with Crippen LogP contribution < -0.4 is 15.7 Å². The second-order valence-corrected chi connectivity index (χ2v) is 10.4. The number of rotatable bonds is 7. The first-order valence-electron chi connectivity index (χ1n) is 12.1. The normalized spacial score (nSPS) is 15.2. The van der Waals surface area contributed by atoms with E-state index in [1.54, 1.807) is 17.6 Å². The van der Waals surface area contributed by atoms with Crippen LogP contribution in [-0.2, 0) is 30.8 Å². The Morgan fingerprint density at radius 1 is 1.22 bits per heavy atom. The van der Waals surface area contributed by atoms with E-state index in [9.17, 15) is 9.59 Å². The second-order valence-electron chi connectivity index (χ2n) is 9.35. The van der Waals surface area contributed by atoms with Gasteiger partial charge in [0.1, 0.15) is 23.7 Å². The molecule has 2 aromatic carbocycles. The van der Waals surface area contributed by atoms with Gasteiger partial charge in [0.15, 0.2) is 0 Å². The number of nitrogens with zero attached hydrogens (tertiary/aromatic N) is 3. The minimum atomic E-state index is -0.384. The Kier molecular flexibility index (Phi) is 6.95. The molecule has 2 heterocycles. The lowest BCUT2D eigenvalue weighted by atomic mass is 9.89. The number of carbonyl (C=O) groups excluding carboxylic acids is 1. The van der Waals surface area contributed by atoms with Gasteiger partial charge in [-0.2, -0.15) is 5.10 Å². The van der Waals surface area contributed by atoms with E-state index >= 15 is 0 Å². The van der Waals surface area contributed by atoms with Crippen molar-refractivity contribution in [3.8, 4) is 5.75 Å². The number of hydrogen-bond donors (Lipinski definition) is 1. The molecule has 1 amide bonds. The lowest BCUT2D eigenvalue weighted by molar-refractivity contribution is -0.121. The highest BCUT2D eigenvalue weighted by Gasteiger charge is 2.23. The summed E-state index contributed by atoms with van der Waals surface area (Å²) in [7, 11) is 0. The minimum Gasteiger partial charge on any atom is -0.489 e. The Balaban J connectivity index is 1.17. The van der Waals surface area contributed by atoms with E-state index in [2.05, 4.69) is 53.6 Å².